The van der Waals surface area contributed by atoms with Gasteiger partial charge in [-0.2, -0.15) is 0 Å². The van der Waals surface area contributed by atoms with E-state index in [9.17, 15) is 9.59 Å². The summed E-state index contributed by atoms with van der Waals surface area (Å²) >= 11 is 0. The lowest BCUT2D eigenvalue weighted by molar-refractivity contribution is -0.125. The zero-order valence-electron chi connectivity index (χ0n) is 16.7. The molecule has 0 radical (unpaired) electrons. The Balaban J connectivity index is 1.20. The average Bonchev–Trinajstić information content (AvgIpc) is 2.79. The topological polar surface area (TPSA) is 84.4 Å². The number of piperidine rings is 1. The average molecular weight is 404 g/mol. The van der Waals surface area contributed by atoms with Gasteiger partial charge in [0.2, 0.25) is 0 Å². The number of fused-ring (bicyclic) bond motifs is 1. The predicted molar refractivity (Wildman–Crippen MR) is 113 cm³/mol. The predicted octanol–water partition coefficient (Wildman–Crippen LogP) is 2.57. The minimum atomic E-state index is -0.652. The maximum Gasteiger partial charge on any atom is 0.359 e. The molecule has 0 spiro atoms. The van der Waals surface area contributed by atoms with Gasteiger partial charge in [-0.15, -0.1) is 0 Å². The van der Waals surface area contributed by atoms with Gasteiger partial charge >= 0.3 is 5.97 Å². The summed E-state index contributed by atoms with van der Waals surface area (Å²) < 4.78 is 5.12. The summed E-state index contributed by atoms with van der Waals surface area (Å²) in [5.41, 5.74) is 2.70. The van der Waals surface area contributed by atoms with Crippen molar-refractivity contribution >= 4 is 22.9 Å². The van der Waals surface area contributed by atoms with Crippen LogP contribution < -0.4 is 5.32 Å². The third-order valence-corrected chi connectivity index (χ3v) is 5.19. The molecule has 1 aliphatic rings. The molecule has 1 aromatic heterocycles. The van der Waals surface area contributed by atoms with Crippen molar-refractivity contribution in [2.24, 2.45) is 0 Å². The molecule has 7 nitrogen and oxygen atoms in total. The van der Waals surface area contributed by atoms with E-state index < -0.39 is 5.97 Å². The van der Waals surface area contributed by atoms with Gasteiger partial charge in [0.1, 0.15) is 0 Å². The fourth-order valence-corrected chi connectivity index (χ4v) is 3.61. The third kappa shape index (κ3) is 5.18. The van der Waals surface area contributed by atoms with Crippen LogP contribution in [0.1, 0.15) is 28.9 Å². The second kappa shape index (κ2) is 9.45. The molecule has 7 heteroatoms. The second-order valence-corrected chi connectivity index (χ2v) is 7.42. The maximum absolute atomic E-state index is 12.2. The minimum Gasteiger partial charge on any atom is -0.451 e. The number of nitrogens with one attached hydrogen (secondary N) is 1. The number of rotatable bonds is 6. The highest BCUT2D eigenvalue weighted by Gasteiger charge is 2.21. The number of para-hydroxylation sites is 2. The molecule has 0 atom stereocenters. The number of hydrogen-bond acceptors (Lipinski definition) is 6. The summed E-state index contributed by atoms with van der Waals surface area (Å²) in [5, 5.41) is 2.96. The van der Waals surface area contributed by atoms with E-state index >= 15 is 0 Å². The highest BCUT2D eigenvalue weighted by molar-refractivity contribution is 5.91. The van der Waals surface area contributed by atoms with E-state index in [1.165, 1.54) is 11.8 Å². The molecule has 1 fully saturated rings. The Bertz CT molecular complexity index is 1020. The van der Waals surface area contributed by atoms with E-state index in [1.54, 1.807) is 6.07 Å². The Morgan fingerprint density at radius 1 is 1.00 bits per heavy atom. The van der Waals surface area contributed by atoms with Gasteiger partial charge in [-0.3, -0.25) is 14.7 Å². The second-order valence-electron chi connectivity index (χ2n) is 7.42. The van der Waals surface area contributed by atoms with Crippen molar-refractivity contribution < 1.29 is 14.3 Å². The first-order chi connectivity index (χ1) is 14.7. The monoisotopic (exact) mass is 404 g/mol. The molecular formula is C23H24N4O3. The number of aromatic nitrogens is 2. The molecule has 0 saturated carbocycles. The molecule has 0 aliphatic carbocycles. The smallest absolute Gasteiger partial charge is 0.359 e. The summed E-state index contributed by atoms with van der Waals surface area (Å²) in [6.07, 6.45) is 3.12. The molecule has 2 heterocycles. The van der Waals surface area contributed by atoms with E-state index in [0.29, 0.717) is 11.0 Å². The molecule has 2 aromatic carbocycles. The molecule has 1 amide bonds. The van der Waals surface area contributed by atoms with Crippen LogP contribution in [0.15, 0.2) is 60.8 Å². The van der Waals surface area contributed by atoms with E-state index in [1.807, 2.05) is 36.4 Å². The van der Waals surface area contributed by atoms with Gasteiger partial charge in [0.05, 0.1) is 17.2 Å². The largest absolute Gasteiger partial charge is 0.451 e. The molecule has 0 bridgehead atoms. The van der Waals surface area contributed by atoms with Gasteiger partial charge in [0, 0.05) is 25.7 Å². The fourth-order valence-electron chi connectivity index (χ4n) is 3.61. The maximum atomic E-state index is 12.2. The Morgan fingerprint density at radius 2 is 1.70 bits per heavy atom. The van der Waals surface area contributed by atoms with Crippen molar-refractivity contribution in [3.63, 3.8) is 0 Å². The molecule has 30 heavy (non-hydrogen) atoms. The van der Waals surface area contributed by atoms with Crippen molar-refractivity contribution in [3.8, 4) is 0 Å². The number of hydrogen-bond donors (Lipinski definition) is 1. The zero-order chi connectivity index (χ0) is 20.8. The summed E-state index contributed by atoms with van der Waals surface area (Å²) in [7, 11) is 0. The lowest BCUT2D eigenvalue weighted by Crippen LogP contribution is -2.45. The minimum absolute atomic E-state index is 0.0933. The Kier molecular flexibility index (Phi) is 6.29. The Labute approximate surface area is 175 Å². The van der Waals surface area contributed by atoms with Crippen molar-refractivity contribution in [2.45, 2.75) is 25.4 Å². The van der Waals surface area contributed by atoms with Crippen molar-refractivity contribution in [1.29, 1.82) is 0 Å². The molecule has 1 saturated heterocycles. The summed E-state index contributed by atoms with van der Waals surface area (Å²) in [4.78, 5) is 35.2. The standard InChI is InChI=1S/C23H24N4O3/c28-22(16-30-23(29)21-14-24-19-8-4-5-9-20(19)26-21)25-18-10-12-27(13-11-18)15-17-6-2-1-3-7-17/h1-9,14,18H,10-13,15-16H2,(H,25,28). The first-order valence-corrected chi connectivity index (χ1v) is 10.1. The van der Waals surface area contributed by atoms with Crippen LogP contribution in [0.5, 0.6) is 0 Å². The van der Waals surface area contributed by atoms with Gasteiger partial charge in [0.25, 0.3) is 5.91 Å². The van der Waals surface area contributed by atoms with Gasteiger partial charge in [-0.1, -0.05) is 42.5 Å². The number of nitrogens with zero attached hydrogens (tertiary/aromatic N) is 3. The molecule has 3 aromatic rings. The zero-order valence-corrected chi connectivity index (χ0v) is 16.7. The molecule has 154 valence electrons. The van der Waals surface area contributed by atoms with Gasteiger partial charge in [-0.05, 0) is 30.5 Å². The van der Waals surface area contributed by atoms with E-state index in [0.717, 1.165) is 32.5 Å². The van der Waals surface area contributed by atoms with Crippen LogP contribution in [-0.2, 0) is 16.1 Å². The lowest BCUT2D eigenvalue weighted by atomic mass is 10.0. The number of likely N-dealkylation sites (tertiary alicyclic amines) is 1. The van der Waals surface area contributed by atoms with Crippen LogP contribution in [0.3, 0.4) is 0 Å². The normalized spacial score (nSPS) is 15.1. The van der Waals surface area contributed by atoms with Crippen LogP contribution in [0.25, 0.3) is 11.0 Å². The summed E-state index contributed by atoms with van der Waals surface area (Å²) in [6, 6.07) is 17.7. The number of esters is 1. The summed E-state index contributed by atoms with van der Waals surface area (Å²) in [5.74, 6) is -0.945. The first kappa shape index (κ1) is 20.0. The SMILES string of the molecule is O=C(COC(=O)c1cnc2ccccc2n1)NC1CCN(Cc2ccccc2)CC1. The number of ether oxygens (including phenoxy) is 1. The molecular weight excluding hydrogens is 380 g/mol. The highest BCUT2D eigenvalue weighted by Crippen LogP contribution is 2.14. The van der Waals surface area contributed by atoms with Crippen LogP contribution in [-0.4, -0.2) is 52.5 Å². The van der Waals surface area contributed by atoms with Gasteiger partial charge < -0.3 is 10.1 Å². The quantitative estimate of drug-likeness (QED) is 0.636. The van der Waals surface area contributed by atoms with Gasteiger partial charge in [0.15, 0.2) is 12.3 Å². The van der Waals surface area contributed by atoms with Crippen molar-refractivity contribution in [1.82, 2.24) is 20.2 Å². The van der Waals surface area contributed by atoms with Crippen LogP contribution in [0.2, 0.25) is 0 Å². The van der Waals surface area contributed by atoms with Crippen molar-refractivity contribution in [2.75, 3.05) is 19.7 Å². The number of carbonyl (C=O) groups is 2. The van der Waals surface area contributed by atoms with Crippen LogP contribution >= 0.6 is 0 Å². The van der Waals surface area contributed by atoms with E-state index in [2.05, 4.69) is 32.3 Å². The van der Waals surface area contributed by atoms with Crippen LogP contribution in [0.4, 0.5) is 0 Å². The molecule has 1 aliphatic heterocycles. The lowest BCUT2D eigenvalue weighted by Gasteiger charge is -2.32. The van der Waals surface area contributed by atoms with Crippen LogP contribution in [0, 0.1) is 0 Å². The Hall–Kier alpha value is -3.32. The van der Waals surface area contributed by atoms with Gasteiger partial charge in [-0.25, -0.2) is 9.78 Å². The third-order valence-electron chi connectivity index (χ3n) is 5.19. The van der Waals surface area contributed by atoms with E-state index in [-0.39, 0.29) is 24.2 Å². The highest BCUT2D eigenvalue weighted by atomic mass is 16.5. The number of benzene rings is 2. The summed E-state index contributed by atoms with van der Waals surface area (Å²) in [6.45, 7) is 2.45. The molecule has 1 N–H and O–H groups in total. The number of amides is 1. The first-order valence-electron chi connectivity index (χ1n) is 10.1. The Morgan fingerprint density at radius 3 is 2.47 bits per heavy atom. The fraction of sp³-hybridized carbons (Fsp3) is 0.304. The number of carbonyl (C=O) groups excluding carboxylic acids is 2. The molecule has 4 rings (SSSR count). The van der Waals surface area contributed by atoms with Crippen molar-refractivity contribution in [3.05, 3.63) is 72.1 Å². The van der Waals surface area contributed by atoms with E-state index in [4.69, 9.17) is 4.74 Å². The molecule has 0 unspecified atom stereocenters.